The minimum absolute atomic E-state index is 0.221. The van der Waals surface area contributed by atoms with Crippen LogP contribution in [0.4, 0.5) is 0 Å². The molecule has 0 aromatic rings. The molecule has 330 valence electrons. The second kappa shape index (κ2) is 30.7. The zero-order valence-electron chi connectivity index (χ0n) is 34.4. The molecule has 9 N–H and O–H groups in total. The normalized spacial score (nSPS) is 29.5. The molecule has 0 spiro atoms. The van der Waals surface area contributed by atoms with Gasteiger partial charge in [-0.3, -0.25) is 4.79 Å². The fourth-order valence-electron chi connectivity index (χ4n) is 7.30. The van der Waals surface area contributed by atoms with Crippen LogP contribution in [-0.2, 0) is 23.7 Å². The summed E-state index contributed by atoms with van der Waals surface area (Å²) in [6, 6.07) is -0.825. The van der Waals surface area contributed by atoms with Crippen LogP contribution in [0.2, 0.25) is 0 Å². The molecule has 2 saturated heterocycles. The Balaban J connectivity index is 1.91. The molecule has 0 aromatic carbocycles. The molecule has 2 heterocycles. The maximum Gasteiger partial charge on any atom is 0.220 e. The van der Waals surface area contributed by atoms with E-state index in [1.165, 1.54) is 51.4 Å². The molecule has 2 rings (SSSR count). The van der Waals surface area contributed by atoms with Gasteiger partial charge in [0.2, 0.25) is 5.91 Å². The van der Waals surface area contributed by atoms with Gasteiger partial charge in [-0.1, -0.05) is 129 Å². The van der Waals surface area contributed by atoms with Crippen molar-refractivity contribution in [2.24, 2.45) is 0 Å². The number of ether oxygens (including phenoxy) is 4. The number of allylic oxidation sites excluding steroid dienone is 2. The van der Waals surface area contributed by atoms with Gasteiger partial charge in [0.15, 0.2) is 12.6 Å². The average molecular weight is 806 g/mol. The van der Waals surface area contributed by atoms with Crippen LogP contribution in [0.15, 0.2) is 12.2 Å². The van der Waals surface area contributed by atoms with Crippen molar-refractivity contribution in [2.75, 3.05) is 19.8 Å². The molecule has 0 aliphatic carbocycles. The second-order valence-electron chi connectivity index (χ2n) is 15.8. The van der Waals surface area contributed by atoms with Crippen LogP contribution in [0.5, 0.6) is 0 Å². The molecule has 2 aliphatic heterocycles. The lowest BCUT2D eigenvalue weighted by Crippen LogP contribution is -2.65. The van der Waals surface area contributed by atoms with Gasteiger partial charge < -0.3 is 65.1 Å². The standard InChI is InChI=1S/C42H79NO13/c1-3-5-7-9-11-13-15-16-17-19-21-23-25-31(46)30(43-34(47)26-24-22-20-18-14-12-10-8-6-4-2)29-53-41-39(52)37(50)40(33(28-45)55-41)56-42-38(51)36(49)35(48)32(27-44)54-42/h8,10,30-33,35-42,44-46,48-52H,3-7,9,11-29H2,1-2H3,(H,43,47)/b10-8-. The Bertz CT molecular complexity index is 1000. The molecule has 0 aromatic heterocycles. The first-order valence-corrected chi connectivity index (χ1v) is 21.9. The first kappa shape index (κ1) is 50.9. The van der Waals surface area contributed by atoms with Gasteiger partial charge in [-0.15, -0.1) is 0 Å². The number of nitrogens with one attached hydrogen (secondary N) is 1. The van der Waals surface area contributed by atoms with E-state index in [1.807, 2.05) is 0 Å². The number of hydrogen-bond donors (Lipinski definition) is 9. The van der Waals surface area contributed by atoms with Crippen molar-refractivity contribution in [2.45, 2.75) is 229 Å². The summed E-state index contributed by atoms with van der Waals surface area (Å²) in [6.07, 6.45) is 10.9. The summed E-state index contributed by atoms with van der Waals surface area (Å²) in [7, 11) is 0. The van der Waals surface area contributed by atoms with Crippen LogP contribution in [0, 0.1) is 0 Å². The van der Waals surface area contributed by atoms with Gasteiger partial charge in [0.1, 0.15) is 48.8 Å². The van der Waals surface area contributed by atoms with Gasteiger partial charge in [0.25, 0.3) is 0 Å². The average Bonchev–Trinajstić information content (AvgIpc) is 3.19. The maximum absolute atomic E-state index is 13.0. The largest absolute Gasteiger partial charge is 0.394 e. The van der Waals surface area contributed by atoms with Gasteiger partial charge in [-0.2, -0.15) is 0 Å². The van der Waals surface area contributed by atoms with Crippen molar-refractivity contribution in [3.8, 4) is 0 Å². The minimum atomic E-state index is -1.78. The number of hydrogen-bond acceptors (Lipinski definition) is 13. The highest BCUT2D eigenvalue weighted by Crippen LogP contribution is 2.30. The summed E-state index contributed by atoms with van der Waals surface area (Å²) in [4.78, 5) is 13.0. The van der Waals surface area contributed by atoms with Crippen molar-refractivity contribution in [1.82, 2.24) is 5.32 Å². The molecule has 56 heavy (non-hydrogen) atoms. The van der Waals surface area contributed by atoms with E-state index in [2.05, 4.69) is 31.3 Å². The molecule has 1 amide bonds. The number of aliphatic hydroxyl groups excluding tert-OH is 8. The Hall–Kier alpha value is -1.27. The smallest absolute Gasteiger partial charge is 0.220 e. The number of carbonyl (C=O) groups excluding carboxylic acids is 1. The van der Waals surface area contributed by atoms with E-state index >= 15 is 0 Å². The van der Waals surface area contributed by atoms with Crippen molar-refractivity contribution >= 4 is 5.91 Å². The van der Waals surface area contributed by atoms with Gasteiger partial charge >= 0.3 is 0 Å². The number of unbranched alkanes of at least 4 members (excludes halogenated alkanes) is 17. The third kappa shape index (κ3) is 19.2. The lowest BCUT2D eigenvalue weighted by atomic mass is 9.97. The SMILES string of the molecule is CCC/C=C\CCCCCCCC(=O)NC(COC1OC(CO)C(OC2OC(CO)C(O)C(O)C2O)C(O)C1O)C(O)CCCCCCCCCCCCCC. The summed E-state index contributed by atoms with van der Waals surface area (Å²) in [5.41, 5.74) is 0. The predicted octanol–water partition coefficient (Wildman–Crippen LogP) is 3.65. The van der Waals surface area contributed by atoms with Gasteiger partial charge in [-0.25, -0.2) is 0 Å². The highest BCUT2D eigenvalue weighted by molar-refractivity contribution is 5.76. The maximum atomic E-state index is 13.0. The molecule has 14 heteroatoms. The van der Waals surface area contributed by atoms with E-state index in [-0.39, 0.29) is 12.5 Å². The predicted molar refractivity (Wildman–Crippen MR) is 212 cm³/mol. The van der Waals surface area contributed by atoms with Crippen LogP contribution in [-0.4, -0.2) is 140 Å². The summed E-state index contributed by atoms with van der Waals surface area (Å²) in [5, 5.41) is 86.4. The van der Waals surface area contributed by atoms with Crippen molar-refractivity contribution in [3.63, 3.8) is 0 Å². The zero-order valence-corrected chi connectivity index (χ0v) is 34.4. The number of amides is 1. The first-order valence-electron chi connectivity index (χ1n) is 21.9. The molecule has 0 bridgehead atoms. The monoisotopic (exact) mass is 806 g/mol. The fraction of sp³-hybridized carbons (Fsp3) is 0.929. The van der Waals surface area contributed by atoms with Crippen LogP contribution in [0.1, 0.15) is 155 Å². The molecule has 12 unspecified atom stereocenters. The lowest BCUT2D eigenvalue weighted by Gasteiger charge is -2.46. The fourth-order valence-corrected chi connectivity index (χ4v) is 7.30. The Morgan fingerprint density at radius 2 is 1.16 bits per heavy atom. The first-order chi connectivity index (χ1) is 27.1. The summed E-state index contributed by atoms with van der Waals surface area (Å²) in [6.45, 7) is 2.74. The van der Waals surface area contributed by atoms with Crippen LogP contribution >= 0.6 is 0 Å². The van der Waals surface area contributed by atoms with E-state index in [1.54, 1.807) is 0 Å². The third-order valence-corrected chi connectivity index (χ3v) is 11.0. The van der Waals surface area contributed by atoms with E-state index in [0.29, 0.717) is 19.3 Å². The number of carbonyl (C=O) groups is 1. The van der Waals surface area contributed by atoms with Crippen molar-refractivity contribution in [1.29, 1.82) is 0 Å². The van der Waals surface area contributed by atoms with Crippen LogP contribution in [0.25, 0.3) is 0 Å². The zero-order chi connectivity index (χ0) is 41.1. The Morgan fingerprint density at radius 1 is 0.625 bits per heavy atom. The number of rotatable bonds is 32. The van der Waals surface area contributed by atoms with E-state index < -0.39 is 86.8 Å². The topological polar surface area (TPSA) is 228 Å². The minimum Gasteiger partial charge on any atom is -0.394 e. The molecular formula is C42H79NO13. The number of aliphatic hydroxyl groups is 8. The molecule has 2 aliphatic rings. The summed E-state index contributed by atoms with van der Waals surface area (Å²) < 4.78 is 22.6. The summed E-state index contributed by atoms with van der Waals surface area (Å²) in [5.74, 6) is -0.221. The quantitative estimate of drug-likeness (QED) is 0.0350. The van der Waals surface area contributed by atoms with Gasteiger partial charge in [0.05, 0.1) is 32.0 Å². The van der Waals surface area contributed by atoms with E-state index in [0.717, 1.165) is 70.6 Å². The van der Waals surface area contributed by atoms with E-state index in [4.69, 9.17) is 18.9 Å². The van der Waals surface area contributed by atoms with E-state index in [9.17, 15) is 45.6 Å². The van der Waals surface area contributed by atoms with Crippen molar-refractivity contribution in [3.05, 3.63) is 12.2 Å². The Kier molecular flexibility index (Phi) is 27.9. The second-order valence-corrected chi connectivity index (χ2v) is 15.8. The van der Waals surface area contributed by atoms with Crippen molar-refractivity contribution < 1.29 is 64.6 Å². The molecular weight excluding hydrogens is 726 g/mol. The molecule has 0 radical (unpaired) electrons. The van der Waals surface area contributed by atoms with Crippen LogP contribution in [0.3, 0.4) is 0 Å². The highest BCUT2D eigenvalue weighted by atomic mass is 16.7. The molecule has 14 nitrogen and oxygen atoms in total. The summed E-state index contributed by atoms with van der Waals surface area (Å²) >= 11 is 0. The Labute approximate surface area is 336 Å². The third-order valence-electron chi connectivity index (χ3n) is 11.0. The lowest BCUT2D eigenvalue weighted by molar-refractivity contribution is -0.359. The van der Waals surface area contributed by atoms with Gasteiger partial charge in [0, 0.05) is 6.42 Å². The highest BCUT2D eigenvalue weighted by Gasteiger charge is 2.51. The molecule has 0 saturated carbocycles. The van der Waals surface area contributed by atoms with Gasteiger partial charge in [-0.05, 0) is 32.1 Å². The van der Waals surface area contributed by atoms with Crippen LogP contribution < -0.4 is 5.32 Å². The molecule has 12 atom stereocenters. The Morgan fingerprint density at radius 3 is 1.77 bits per heavy atom. The molecule has 2 fully saturated rings.